The van der Waals surface area contributed by atoms with Gasteiger partial charge in [0.2, 0.25) is 5.91 Å². The summed E-state index contributed by atoms with van der Waals surface area (Å²) in [4.78, 5) is 17.2. The minimum atomic E-state index is 0.188. The molecule has 1 fully saturated rings. The number of nitrogens with zero attached hydrogens (tertiary/aromatic N) is 1. The van der Waals surface area contributed by atoms with E-state index in [0.29, 0.717) is 12.0 Å². The molecule has 1 saturated heterocycles. The Hall–Kier alpha value is -1.81. The molecule has 2 heterocycles. The first-order chi connectivity index (χ1) is 10.2. The number of aromatic amines is 1. The van der Waals surface area contributed by atoms with E-state index < -0.39 is 0 Å². The van der Waals surface area contributed by atoms with Gasteiger partial charge in [-0.05, 0) is 37.4 Å². The summed E-state index contributed by atoms with van der Waals surface area (Å²) in [5.41, 5.74) is 2.60. The first-order valence-electron chi connectivity index (χ1n) is 7.68. The third-order valence-corrected chi connectivity index (χ3v) is 4.62. The lowest BCUT2D eigenvalue weighted by molar-refractivity contribution is -0.132. The van der Waals surface area contributed by atoms with Gasteiger partial charge in [0.15, 0.2) is 0 Å². The molecule has 0 spiro atoms. The van der Waals surface area contributed by atoms with Gasteiger partial charge in [-0.2, -0.15) is 0 Å². The van der Waals surface area contributed by atoms with Crippen molar-refractivity contribution in [1.82, 2.24) is 15.2 Å². The predicted octanol–water partition coefficient (Wildman–Crippen LogP) is 2.48. The molecule has 0 aliphatic carbocycles. The van der Waals surface area contributed by atoms with Crippen LogP contribution in [-0.2, 0) is 4.79 Å². The van der Waals surface area contributed by atoms with E-state index in [2.05, 4.69) is 40.8 Å². The average Bonchev–Trinajstić information content (AvgIpc) is 2.91. The zero-order valence-electron chi connectivity index (χ0n) is 12.7. The highest BCUT2D eigenvalue weighted by Crippen LogP contribution is 2.35. The van der Waals surface area contributed by atoms with Gasteiger partial charge < -0.3 is 15.2 Å². The summed E-state index contributed by atoms with van der Waals surface area (Å²) in [6, 6.07) is 8.75. The summed E-state index contributed by atoms with van der Waals surface area (Å²) >= 11 is 0. The van der Waals surface area contributed by atoms with Gasteiger partial charge in [-0.1, -0.05) is 18.2 Å². The van der Waals surface area contributed by atoms with Gasteiger partial charge in [0.25, 0.3) is 0 Å². The Morgan fingerprint density at radius 2 is 2.24 bits per heavy atom. The van der Waals surface area contributed by atoms with E-state index >= 15 is 0 Å². The molecule has 1 aromatic heterocycles. The molecule has 1 aliphatic rings. The number of hydrogen-bond donors (Lipinski definition) is 2. The maximum Gasteiger partial charge on any atom is 0.219 e. The lowest BCUT2D eigenvalue weighted by Gasteiger charge is -2.39. The molecular weight excluding hydrogens is 262 g/mol. The van der Waals surface area contributed by atoms with E-state index in [-0.39, 0.29) is 5.91 Å². The Labute approximate surface area is 125 Å². The van der Waals surface area contributed by atoms with Gasteiger partial charge in [-0.3, -0.25) is 4.79 Å². The number of piperidine rings is 1. The van der Waals surface area contributed by atoms with Crippen molar-refractivity contribution >= 4 is 16.8 Å². The van der Waals surface area contributed by atoms with E-state index in [1.54, 1.807) is 6.92 Å². The van der Waals surface area contributed by atoms with Crippen molar-refractivity contribution in [3.05, 3.63) is 36.0 Å². The zero-order chi connectivity index (χ0) is 14.8. The Bertz CT molecular complexity index is 634. The molecule has 2 aromatic rings. The van der Waals surface area contributed by atoms with Crippen molar-refractivity contribution in [1.29, 1.82) is 0 Å². The smallest absolute Gasteiger partial charge is 0.219 e. The third-order valence-electron chi connectivity index (χ3n) is 4.62. The minimum Gasteiger partial charge on any atom is -0.361 e. The Morgan fingerprint density at radius 1 is 1.43 bits per heavy atom. The van der Waals surface area contributed by atoms with Crippen LogP contribution in [0.1, 0.15) is 31.2 Å². The second-order valence-electron chi connectivity index (χ2n) is 5.93. The number of amides is 1. The first-order valence-corrected chi connectivity index (χ1v) is 7.68. The van der Waals surface area contributed by atoms with Crippen LogP contribution in [0.5, 0.6) is 0 Å². The number of nitrogens with one attached hydrogen (secondary N) is 2. The monoisotopic (exact) mass is 285 g/mol. The molecule has 1 aliphatic heterocycles. The van der Waals surface area contributed by atoms with Crippen molar-refractivity contribution < 1.29 is 4.79 Å². The molecule has 0 radical (unpaired) electrons. The van der Waals surface area contributed by atoms with E-state index in [1.807, 2.05) is 11.9 Å². The number of carbonyl (C=O) groups is 1. The van der Waals surface area contributed by atoms with Gasteiger partial charge in [0.1, 0.15) is 0 Å². The van der Waals surface area contributed by atoms with Crippen LogP contribution in [0.3, 0.4) is 0 Å². The second-order valence-corrected chi connectivity index (χ2v) is 5.93. The maximum absolute atomic E-state index is 11.8. The van der Waals surface area contributed by atoms with Crippen LogP contribution in [0.25, 0.3) is 10.9 Å². The van der Waals surface area contributed by atoms with Crippen LogP contribution in [0.4, 0.5) is 0 Å². The SMILES string of the molecule is CNCC1CC(c2c[nH]c3ccccc23)CCN1C(C)=O. The number of rotatable bonds is 3. The van der Waals surface area contributed by atoms with Crippen LogP contribution in [0.2, 0.25) is 0 Å². The summed E-state index contributed by atoms with van der Waals surface area (Å²) < 4.78 is 0. The number of H-pyrrole nitrogens is 1. The van der Waals surface area contributed by atoms with Crippen LogP contribution >= 0.6 is 0 Å². The highest BCUT2D eigenvalue weighted by atomic mass is 16.2. The average molecular weight is 285 g/mol. The molecule has 4 nitrogen and oxygen atoms in total. The number of benzene rings is 1. The van der Waals surface area contributed by atoms with E-state index in [9.17, 15) is 4.79 Å². The first kappa shape index (κ1) is 14.1. The van der Waals surface area contributed by atoms with Crippen LogP contribution in [0.15, 0.2) is 30.5 Å². The molecular formula is C17H23N3O. The summed E-state index contributed by atoms with van der Waals surface area (Å²) in [5.74, 6) is 0.711. The lowest BCUT2D eigenvalue weighted by atomic mass is 9.85. The normalized spacial score (nSPS) is 22.7. The fourth-order valence-corrected chi connectivity index (χ4v) is 3.61. The number of para-hydroxylation sites is 1. The number of hydrogen-bond acceptors (Lipinski definition) is 2. The number of carbonyl (C=O) groups excluding carboxylic acids is 1. The zero-order valence-corrected chi connectivity index (χ0v) is 12.7. The highest BCUT2D eigenvalue weighted by molar-refractivity contribution is 5.83. The second kappa shape index (κ2) is 5.90. The standard InChI is InChI=1S/C17H23N3O/c1-12(21)20-8-7-13(9-14(20)10-18-2)16-11-19-17-6-4-3-5-15(16)17/h3-6,11,13-14,18-19H,7-10H2,1-2H3. The highest BCUT2D eigenvalue weighted by Gasteiger charge is 2.31. The topological polar surface area (TPSA) is 48.1 Å². The van der Waals surface area contributed by atoms with Gasteiger partial charge in [-0.25, -0.2) is 0 Å². The van der Waals surface area contributed by atoms with Gasteiger partial charge in [-0.15, -0.1) is 0 Å². The van der Waals surface area contributed by atoms with Crippen LogP contribution in [-0.4, -0.2) is 42.0 Å². The summed E-state index contributed by atoms with van der Waals surface area (Å²) in [7, 11) is 1.95. The summed E-state index contributed by atoms with van der Waals surface area (Å²) in [6.45, 7) is 3.39. The molecule has 1 aromatic carbocycles. The van der Waals surface area contributed by atoms with E-state index in [4.69, 9.17) is 0 Å². The molecule has 3 rings (SSSR count). The van der Waals surface area contributed by atoms with Gasteiger partial charge in [0, 0.05) is 43.2 Å². The molecule has 1 amide bonds. The van der Waals surface area contributed by atoms with Gasteiger partial charge in [0.05, 0.1) is 0 Å². The van der Waals surface area contributed by atoms with Crippen LogP contribution in [0, 0.1) is 0 Å². The third kappa shape index (κ3) is 2.68. The summed E-state index contributed by atoms with van der Waals surface area (Å²) in [6.07, 6.45) is 4.22. The molecule has 2 N–H and O–H groups in total. The number of fused-ring (bicyclic) bond motifs is 1. The van der Waals surface area contributed by atoms with Crippen molar-refractivity contribution in [3.63, 3.8) is 0 Å². The van der Waals surface area contributed by atoms with Crippen LogP contribution < -0.4 is 5.32 Å². The number of likely N-dealkylation sites (tertiary alicyclic amines) is 1. The molecule has 2 unspecified atom stereocenters. The molecule has 112 valence electrons. The predicted molar refractivity (Wildman–Crippen MR) is 85.4 cm³/mol. The molecule has 21 heavy (non-hydrogen) atoms. The minimum absolute atomic E-state index is 0.188. The van der Waals surface area contributed by atoms with Gasteiger partial charge >= 0.3 is 0 Å². The quantitative estimate of drug-likeness (QED) is 0.910. The lowest BCUT2D eigenvalue weighted by Crippen LogP contribution is -2.48. The molecule has 0 bridgehead atoms. The Morgan fingerprint density at radius 3 is 3.00 bits per heavy atom. The maximum atomic E-state index is 11.8. The molecule has 0 saturated carbocycles. The number of aromatic nitrogens is 1. The summed E-state index contributed by atoms with van der Waals surface area (Å²) in [5, 5.41) is 4.54. The largest absolute Gasteiger partial charge is 0.361 e. The molecule has 2 atom stereocenters. The number of likely N-dealkylation sites (N-methyl/N-ethyl adjacent to an activating group) is 1. The molecule has 4 heteroatoms. The van der Waals surface area contributed by atoms with E-state index in [0.717, 1.165) is 25.9 Å². The Kier molecular flexibility index (Phi) is 3.97. The van der Waals surface area contributed by atoms with Crippen molar-refractivity contribution in [2.24, 2.45) is 0 Å². The van der Waals surface area contributed by atoms with Crippen molar-refractivity contribution in [3.8, 4) is 0 Å². The van der Waals surface area contributed by atoms with Crippen molar-refractivity contribution in [2.45, 2.75) is 31.7 Å². The Balaban J connectivity index is 1.85. The van der Waals surface area contributed by atoms with Crippen molar-refractivity contribution in [2.75, 3.05) is 20.1 Å². The fourth-order valence-electron chi connectivity index (χ4n) is 3.61. The fraction of sp³-hybridized carbons (Fsp3) is 0.471. The van der Waals surface area contributed by atoms with E-state index in [1.165, 1.54) is 16.5 Å².